The van der Waals surface area contributed by atoms with Crippen LogP contribution in [0, 0.1) is 5.92 Å². The SMILES string of the molecule is CC[C@H]1O[C@H](C)[C@H](OC(C)=O)[C@@H](OC(C)=O)[C@@H]1C. The molecule has 18 heavy (non-hydrogen) atoms. The molecular weight excluding hydrogens is 236 g/mol. The lowest BCUT2D eigenvalue weighted by molar-refractivity contribution is -0.220. The fourth-order valence-corrected chi connectivity index (χ4v) is 2.44. The number of hydrogen-bond acceptors (Lipinski definition) is 5. The van der Waals surface area contributed by atoms with E-state index in [1.54, 1.807) is 0 Å². The van der Waals surface area contributed by atoms with Crippen LogP contribution >= 0.6 is 0 Å². The summed E-state index contributed by atoms with van der Waals surface area (Å²) in [6.07, 6.45) is -0.421. The van der Waals surface area contributed by atoms with Gasteiger partial charge in [-0.3, -0.25) is 9.59 Å². The topological polar surface area (TPSA) is 61.8 Å². The van der Waals surface area contributed by atoms with Crippen LogP contribution in [-0.2, 0) is 23.8 Å². The zero-order valence-electron chi connectivity index (χ0n) is 11.6. The molecule has 0 amide bonds. The molecule has 0 saturated carbocycles. The van der Waals surface area contributed by atoms with Gasteiger partial charge in [-0.15, -0.1) is 0 Å². The minimum absolute atomic E-state index is 0.000509. The zero-order chi connectivity index (χ0) is 13.9. The molecule has 0 bridgehead atoms. The van der Waals surface area contributed by atoms with E-state index in [-0.39, 0.29) is 24.1 Å². The molecule has 1 heterocycles. The highest BCUT2D eigenvalue weighted by atomic mass is 16.6. The fraction of sp³-hybridized carbons (Fsp3) is 0.846. The molecule has 0 radical (unpaired) electrons. The van der Waals surface area contributed by atoms with Gasteiger partial charge >= 0.3 is 11.9 Å². The third-order valence-corrected chi connectivity index (χ3v) is 3.29. The first-order chi connectivity index (χ1) is 8.36. The van der Waals surface area contributed by atoms with Gasteiger partial charge in [0.25, 0.3) is 0 Å². The molecule has 0 spiro atoms. The summed E-state index contributed by atoms with van der Waals surface area (Å²) in [5.74, 6) is -0.762. The van der Waals surface area contributed by atoms with E-state index in [0.29, 0.717) is 0 Å². The summed E-state index contributed by atoms with van der Waals surface area (Å²) in [7, 11) is 0. The lowest BCUT2D eigenvalue weighted by Gasteiger charge is -2.43. The molecule has 0 aromatic rings. The second-order valence-electron chi connectivity index (χ2n) is 4.80. The quantitative estimate of drug-likeness (QED) is 0.721. The predicted molar refractivity (Wildman–Crippen MR) is 64.9 cm³/mol. The van der Waals surface area contributed by atoms with Gasteiger partial charge in [0.05, 0.1) is 12.2 Å². The van der Waals surface area contributed by atoms with Crippen LogP contribution in [0.5, 0.6) is 0 Å². The van der Waals surface area contributed by atoms with E-state index in [1.165, 1.54) is 13.8 Å². The molecule has 5 atom stereocenters. The van der Waals surface area contributed by atoms with Gasteiger partial charge in [0, 0.05) is 19.8 Å². The van der Waals surface area contributed by atoms with E-state index in [0.717, 1.165) is 6.42 Å². The van der Waals surface area contributed by atoms with E-state index in [4.69, 9.17) is 14.2 Å². The highest BCUT2D eigenvalue weighted by molar-refractivity contribution is 5.67. The number of ether oxygens (including phenoxy) is 3. The van der Waals surface area contributed by atoms with E-state index >= 15 is 0 Å². The molecule has 0 N–H and O–H groups in total. The van der Waals surface area contributed by atoms with E-state index in [2.05, 4.69) is 0 Å². The van der Waals surface area contributed by atoms with Gasteiger partial charge in [0.15, 0.2) is 6.10 Å². The lowest BCUT2D eigenvalue weighted by Crippen LogP contribution is -2.55. The van der Waals surface area contributed by atoms with Crippen molar-refractivity contribution in [2.24, 2.45) is 5.92 Å². The van der Waals surface area contributed by atoms with Crippen LogP contribution in [0.3, 0.4) is 0 Å². The minimum atomic E-state index is -0.538. The Balaban J connectivity index is 2.89. The summed E-state index contributed by atoms with van der Waals surface area (Å²) in [6.45, 7) is 8.50. The smallest absolute Gasteiger partial charge is 0.303 e. The average Bonchev–Trinajstić information content (AvgIpc) is 2.27. The number of hydrogen-bond donors (Lipinski definition) is 0. The first kappa shape index (κ1) is 15.0. The van der Waals surface area contributed by atoms with Gasteiger partial charge in [-0.1, -0.05) is 13.8 Å². The van der Waals surface area contributed by atoms with Crippen molar-refractivity contribution in [3.8, 4) is 0 Å². The average molecular weight is 258 g/mol. The maximum absolute atomic E-state index is 11.2. The first-order valence-electron chi connectivity index (χ1n) is 6.36. The second kappa shape index (κ2) is 6.18. The van der Waals surface area contributed by atoms with Gasteiger partial charge in [-0.25, -0.2) is 0 Å². The van der Waals surface area contributed by atoms with Crippen molar-refractivity contribution >= 4 is 11.9 Å². The Morgan fingerprint density at radius 1 is 1.06 bits per heavy atom. The van der Waals surface area contributed by atoms with E-state index in [1.807, 2.05) is 20.8 Å². The molecule has 1 fully saturated rings. The van der Waals surface area contributed by atoms with Crippen molar-refractivity contribution in [2.45, 2.75) is 65.5 Å². The first-order valence-corrected chi connectivity index (χ1v) is 6.36. The lowest BCUT2D eigenvalue weighted by atomic mass is 9.87. The fourth-order valence-electron chi connectivity index (χ4n) is 2.44. The van der Waals surface area contributed by atoms with Crippen LogP contribution in [0.25, 0.3) is 0 Å². The Hall–Kier alpha value is -1.10. The summed E-state index contributed by atoms with van der Waals surface area (Å²) in [6, 6.07) is 0. The van der Waals surface area contributed by atoms with Crippen LogP contribution < -0.4 is 0 Å². The summed E-state index contributed by atoms with van der Waals surface area (Å²) in [4.78, 5) is 22.3. The summed E-state index contributed by atoms with van der Waals surface area (Å²) in [5, 5.41) is 0. The van der Waals surface area contributed by atoms with Crippen molar-refractivity contribution in [1.82, 2.24) is 0 Å². The molecule has 0 aromatic carbocycles. The molecule has 0 unspecified atom stereocenters. The Kier molecular flexibility index (Phi) is 5.14. The second-order valence-corrected chi connectivity index (χ2v) is 4.80. The summed E-state index contributed by atoms with van der Waals surface area (Å²) in [5.41, 5.74) is 0. The maximum Gasteiger partial charge on any atom is 0.303 e. The molecule has 1 rings (SSSR count). The highest BCUT2D eigenvalue weighted by Gasteiger charge is 2.45. The maximum atomic E-state index is 11.2. The van der Waals surface area contributed by atoms with Crippen LogP contribution in [0.1, 0.15) is 41.0 Å². The highest BCUT2D eigenvalue weighted by Crippen LogP contribution is 2.31. The van der Waals surface area contributed by atoms with Gasteiger partial charge in [0.2, 0.25) is 0 Å². The molecular formula is C13H22O5. The summed E-state index contributed by atoms with van der Waals surface area (Å²) < 4.78 is 16.4. The van der Waals surface area contributed by atoms with E-state index < -0.39 is 18.2 Å². The number of carbonyl (C=O) groups is 2. The third kappa shape index (κ3) is 3.45. The van der Waals surface area contributed by atoms with Gasteiger partial charge < -0.3 is 14.2 Å². The molecule has 5 heteroatoms. The number of rotatable bonds is 3. The van der Waals surface area contributed by atoms with Gasteiger partial charge in [-0.05, 0) is 13.3 Å². The molecule has 1 aliphatic heterocycles. The standard InChI is InChI=1S/C13H22O5/c1-6-11-7(2)12(17-9(4)14)13(8(3)16-11)18-10(5)15/h7-8,11-13H,6H2,1-5H3/t7-,8-,11-,12+,13+/m1/s1. The molecule has 5 nitrogen and oxygen atoms in total. The van der Waals surface area contributed by atoms with Crippen molar-refractivity contribution < 1.29 is 23.8 Å². The molecule has 1 aliphatic rings. The normalized spacial score (nSPS) is 35.9. The Morgan fingerprint density at radius 3 is 2.00 bits per heavy atom. The zero-order valence-corrected chi connectivity index (χ0v) is 11.6. The van der Waals surface area contributed by atoms with Crippen molar-refractivity contribution in [2.75, 3.05) is 0 Å². The monoisotopic (exact) mass is 258 g/mol. The molecule has 104 valence electrons. The van der Waals surface area contributed by atoms with Crippen molar-refractivity contribution in [1.29, 1.82) is 0 Å². The number of esters is 2. The Labute approximate surface area is 108 Å². The van der Waals surface area contributed by atoms with Crippen LogP contribution in [0.15, 0.2) is 0 Å². The molecule has 0 aliphatic carbocycles. The van der Waals surface area contributed by atoms with Crippen LogP contribution in [0.2, 0.25) is 0 Å². The van der Waals surface area contributed by atoms with E-state index in [9.17, 15) is 9.59 Å². The molecule has 1 saturated heterocycles. The Bertz CT molecular complexity index is 315. The minimum Gasteiger partial charge on any atom is -0.458 e. The third-order valence-electron chi connectivity index (χ3n) is 3.29. The van der Waals surface area contributed by atoms with Crippen LogP contribution in [0.4, 0.5) is 0 Å². The molecule has 0 aromatic heterocycles. The van der Waals surface area contributed by atoms with Crippen LogP contribution in [-0.4, -0.2) is 36.4 Å². The predicted octanol–water partition coefficient (Wildman–Crippen LogP) is 1.68. The largest absolute Gasteiger partial charge is 0.458 e. The van der Waals surface area contributed by atoms with Crippen molar-refractivity contribution in [3.63, 3.8) is 0 Å². The summed E-state index contributed by atoms with van der Waals surface area (Å²) >= 11 is 0. The number of carbonyl (C=O) groups excluding carboxylic acids is 2. The van der Waals surface area contributed by atoms with Gasteiger partial charge in [0.1, 0.15) is 6.10 Å². The van der Waals surface area contributed by atoms with Crippen molar-refractivity contribution in [3.05, 3.63) is 0 Å². The van der Waals surface area contributed by atoms with Gasteiger partial charge in [-0.2, -0.15) is 0 Å². The Morgan fingerprint density at radius 2 is 1.56 bits per heavy atom.